The van der Waals surface area contributed by atoms with E-state index in [-0.39, 0.29) is 6.04 Å². The SMILES string of the molecule is CCCNC(Cc1ccccc1C)c1cc(F)cc(F)c1. The number of rotatable bonds is 6. The largest absolute Gasteiger partial charge is 0.310 e. The van der Waals surface area contributed by atoms with Gasteiger partial charge in [0, 0.05) is 12.1 Å². The summed E-state index contributed by atoms with van der Waals surface area (Å²) in [6.07, 6.45) is 1.69. The fourth-order valence-corrected chi connectivity index (χ4v) is 2.46. The number of hydrogen-bond donors (Lipinski definition) is 1. The lowest BCUT2D eigenvalue weighted by molar-refractivity contribution is 0.514. The Hall–Kier alpha value is -1.74. The highest BCUT2D eigenvalue weighted by molar-refractivity contribution is 5.29. The van der Waals surface area contributed by atoms with E-state index >= 15 is 0 Å². The Morgan fingerprint density at radius 1 is 1.05 bits per heavy atom. The average Bonchev–Trinajstić information content (AvgIpc) is 2.44. The van der Waals surface area contributed by atoms with Crippen LogP contribution in [-0.2, 0) is 6.42 Å². The maximum Gasteiger partial charge on any atom is 0.126 e. The lowest BCUT2D eigenvalue weighted by Gasteiger charge is -2.20. The standard InChI is InChI=1S/C18H21F2N/c1-3-8-21-18(11-14-7-5-4-6-13(14)2)15-9-16(19)12-17(20)10-15/h4-7,9-10,12,18,21H,3,8,11H2,1-2H3. The quantitative estimate of drug-likeness (QED) is 0.822. The molecule has 1 unspecified atom stereocenters. The van der Waals surface area contributed by atoms with Gasteiger partial charge in [-0.1, -0.05) is 31.2 Å². The normalized spacial score (nSPS) is 12.4. The topological polar surface area (TPSA) is 12.0 Å². The molecule has 0 heterocycles. The van der Waals surface area contributed by atoms with E-state index in [0.717, 1.165) is 25.5 Å². The second kappa shape index (κ2) is 7.32. The van der Waals surface area contributed by atoms with Gasteiger partial charge >= 0.3 is 0 Å². The molecule has 0 fully saturated rings. The molecule has 2 aromatic carbocycles. The van der Waals surface area contributed by atoms with Crippen molar-refractivity contribution < 1.29 is 8.78 Å². The van der Waals surface area contributed by atoms with Gasteiger partial charge in [0.1, 0.15) is 11.6 Å². The number of nitrogens with one attached hydrogen (secondary N) is 1. The van der Waals surface area contributed by atoms with Gasteiger partial charge < -0.3 is 5.32 Å². The van der Waals surface area contributed by atoms with Crippen molar-refractivity contribution in [2.24, 2.45) is 0 Å². The van der Waals surface area contributed by atoms with E-state index in [2.05, 4.69) is 31.3 Å². The van der Waals surface area contributed by atoms with E-state index in [4.69, 9.17) is 0 Å². The van der Waals surface area contributed by atoms with Crippen LogP contribution in [0.25, 0.3) is 0 Å². The highest BCUT2D eigenvalue weighted by Gasteiger charge is 2.14. The average molecular weight is 289 g/mol. The summed E-state index contributed by atoms with van der Waals surface area (Å²) in [7, 11) is 0. The van der Waals surface area contributed by atoms with Gasteiger partial charge in [-0.05, 0) is 55.1 Å². The summed E-state index contributed by atoms with van der Waals surface area (Å²) in [4.78, 5) is 0. The van der Waals surface area contributed by atoms with Crippen LogP contribution in [0.2, 0.25) is 0 Å². The minimum absolute atomic E-state index is 0.0868. The fraction of sp³-hybridized carbons (Fsp3) is 0.333. The summed E-state index contributed by atoms with van der Waals surface area (Å²) in [6.45, 7) is 4.94. The number of benzene rings is 2. The van der Waals surface area contributed by atoms with Gasteiger partial charge in [0.05, 0.1) is 0 Å². The molecule has 0 saturated heterocycles. The van der Waals surface area contributed by atoms with Crippen LogP contribution < -0.4 is 5.32 Å². The van der Waals surface area contributed by atoms with Gasteiger partial charge in [0.2, 0.25) is 0 Å². The van der Waals surface area contributed by atoms with Crippen molar-refractivity contribution in [3.05, 3.63) is 70.8 Å². The van der Waals surface area contributed by atoms with Gasteiger partial charge in [0.25, 0.3) is 0 Å². The summed E-state index contributed by atoms with van der Waals surface area (Å²) in [5, 5.41) is 3.38. The van der Waals surface area contributed by atoms with Crippen LogP contribution in [0, 0.1) is 18.6 Å². The second-order valence-corrected chi connectivity index (χ2v) is 5.34. The molecule has 0 saturated carbocycles. The van der Waals surface area contributed by atoms with Crippen LogP contribution in [0.1, 0.15) is 36.1 Å². The van der Waals surface area contributed by atoms with Crippen molar-refractivity contribution in [3.63, 3.8) is 0 Å². The molecule has 112 valence electrons. The lowest BCUT2D eigenvalue weighted by atomic mass is 9.96. The predicted octanol–water partition coefficient (Wildman–Crippen LogP) is 4.56. The Bertz CT molecular complexity index is 575. The Labute approximate surface area is 125 Å². The van der Waals surface area contributed by atoms with E-state index < -0.39 is 11.6 Å². The zero-order valence-electron chi connectivity index (χ0n) is 12.5. The van der Waals surface area contributed by atoms with Crippen molar-refractivity contribution >= 4 is 0 Å². The minimum Gasteiger partial charge on any atom is -0.310 e. The van der Waals surface area contributed by atoms with Gasteiger partial charge in [0.15, 0.2) is 0 Å². The van der Waals surface area contributed by atoms with Crippen molar-refractivity contribution in [2.45, 2.75) is 32.7 Å². The molecule has 0 bridgehead atoms. The molecule has 0 aliphatic heterocycles. The first-order valence-corrected chi connectivity index (χ1v) is 7.34. The summed E-state index contributed by atoms with van der Waals surface area (Å²) in [5.41, 5.74) is 3.04. The van der Waals surface area contributed by atoms with E-state index in [0.29, 0.717) is 5.56 Å². The molecule has 0 aliphatic rings. The number of aryl methyl sites for hydroxylation is 1. The van der Waals surface area contributed by atoms with Crippen LogP contribution >= 0.6 is 0 Å². The fourth-order valence-electron chi connectivity index (χ4n) is 2.46. The zero-order chi connectivity index (χ0) is 15.2. The third kappa shape index (κ3) is 4.36. The van der Waals surface area contributed by atoms with Crippen LogP contribution in [-0.4, -0.2) is 6.54 Å². The van der Waals surface area contributed by atoms with Crippen molar-refractivity contribution in [1.29, 1.82) is 0 Å². The molecule has 0 aromatic heterocycles. The Kier molecular flexibility index (Phi) is 5.45. The van der Waals surface area contributed by atoms with Crippen LogP contribution in [0.15, 0.2) is 42.5 Å². The molecule has 1 nitrogen and oxygen atoms in total. The molecule has 1 N–H and O–H groups in total. The molecule has 3 heteroatoms. The van der Waals surface area contributed by atoms with E-state index in [1.807, 2.05) is 12.1 Å². The highest BCUT2D eigenvalue weighted by atomic mass is 19.1. The molecular formula is C18H21F2N. The summed E-state index contributed by atoms with van der Waals surface area (Å²) in [5.74, 6) is -1.06. The summed E-state index contributed by atoms with van der Waals surface area (Å²) < 4.78 is 26.9. The molecule has 2 rings (SSSR count). The first-order chi connectivity index (χ1) is 10.1. The highest BCUT2D eigenvalue weighted by Crippen LogP contribution is 2.22. The predicted molar refractivity (Wildman–Crippen MR) is 82.3 cm³/mol. The van der Waals surface area contributed by atoms with Gasteiger partial charge in [-0.2, -0.15) is 0 Å². The molecular weight excluding hydrogens is 268 g/mol. The van der Waals surface area contributed by atoms with Crippen LogP contribution in [0.3, 0.4) is 0 Å². The Morgan fingerprint density at radius 2 is 1.71 bits per heavy atom. The number of hydrogen-bond acceptors (Lipinski definition) is 1. The second-order valence-electron chi connectivity index (χ2n) is 5.34. The third-order valence-corrected chi connectivity index (χ3v) is 3.61. The Morgan fingerprint density at radius 3 is 2.33 bits per heavy atom. The van der Waals surface area contributed by atoms with Crippen LogP contribution in [0.5, 0.6) is 0 Å². The Balaban J connectivity index is 2.27. The summed E-state index contributed by atoms with van der Waals surface area (Å²) >= 11 is 0. The maximum absolute atomic E-state index is 13.5. The van der Waals surface area contributed by atoms with E-state index in [1.165, 1.54) is 23.3 Å². The van der Waals surface area contributed by atoms with Gasteiger partial charge in [-0.25, -0.2) is 8.78 Å². The first-order valence-electron chi connectivity index (χ1n) is 7.34. The first kappa shape index (κ1) is 15.6. The molecule has 1 atom stereocenters. The summed E-state index contributed by atoms with van der Waals surface area (Å²) in [6, 6.07) is 11.7. The molecule has 2 aromatic rings. The lowest BCUT2D eigenvalue weighted by Crippen LogP contribution is -2.24. The molecule has 21 heavy (non-hydrogen) atoms. The van der Waals surface area contributed by atoms with E-state index in [1.54, 1.807) is 0 Å². The molecule has 0 aliphatic carbocycles. The van der Waals surface area contributed by atoms with Crippen molar-refractivity contribution in [3.8, 4) is 0 Å². The van der Waals surface area contributed by atoms with Gasteiger partial charge in [-0.15, -0.1) is 0 Å². The maximum atomic E-state index is 13.5. The van der Waals surface area contributed by atoms with Gasteiger partial charge in [-0.3, -0.25) is 0 Å². The van der Waals surface area contributed by atoms with Crippen LogP contribution in [0.4, 0.5) is 8.78 Å². The zero-order valence-corrected chi connectivity index (χ0v) is 12.5. The third-order valence-electron chi connectivity index (χ3n) is 3.61. The number of halogens is 2. The van der Waals surface area contributed by atoms with Crippen molar-refractivity contribution in [1.82, 2.24) is 5.32 Å². The van der Waals surface area contributed by atoms with Crippen molar-refractivity contribution in [2.75, 3.05) is 6.54 Å². The molecule has 0 radical (unpaired) electrons. The monoisotopic (exact) mass is 289 g/mol. The molecule has 0 amide bonds. The minimum atomic E-state index is -0.530. The molecule has 0 spiro atoms. The smallest absolute Gasteiger partial charge is 0.126 e. The van der Waals surface area contributed by atoms with E-state index in [9.17, 15) is 8.78 Å².